The van der Waals surface area contributed by atoms with Gasteiger partial charge in [0.05, 0.1) is 12.6 Å². The molecule has 2 aromatic rings. The van der Waals surface area contributed by atoms with E-state index in [1.54, 1.807) is 0 Å². The molecule has 0 amide bonds. The zero-order valence-electron chi connectivity index (χ0n) is 13.6. The van der Waals surface area contributed by atoms with E-state index in [2.05, 4.69) is 15.1 Å². The van der Waals surface area contributed by atoms with Crippen molar-refractivity contribution >= 4 is 11.6 Å². The van der Waals surface area contributed by atoms with Crippen molar-refractivity contribution in [2.75, 3.05) is 13.1 Å². The summed E-state index contributed by atoms with van der Waals surface area (Å²) in [5, 5.41) is 19.6. The lowest BCUT2D eigenvalue weighted by atomic mass is 9.87. The van der Waals surface area contributed by atoms with Crippen LogP contribution in [0.2, 0.25) is 5.02 Å². The first kappa shape index (κ1) is 16.1. The molecule has 1 atom stereocenters. The van der Waals surface area contributed by atoms with Gasteiger partial charge in [0.2, 0.25) is 11.8 Å². The Bertz CT molecular complexity index is 676. The SMILES string of the molecule is OC(c1ccc(Cl)cc1)C1CCN(Cc2nnc(C3CC3)o2)CC1. The van der Waals surface area contributed by atoms with Crippen molar-refractivity contribution in [3.05, 3.63) is 46.6 Å². The normalized spacial score (nSPS) is 21.1. The molecule has 5 nitrogen and oxygen atoms in total. The van der Waals surface area contributed by atoms with Crippen molar-refractivity contribution in [3.63, 3.8) is 0 Å². The highest BCUT2D eigenvalue weighted by atomic mass is 35.5. The molecule has 0 bridgehead atoms. The van der Waals surface area contributed by atoms with Crippen LogP contribution in [0.5, 0.6) is 0 Å². The fourth-order valence-electron chi connectivity index (χ4n) is 3.38. The van der Waals surface area contributed by atoms with Gasteiger partial charge in [0.15, 0.2) is 0 Å². The second kappa shape index (κ2) is 6.82. The van der Waals surface area contributed by atoms with Gasteiger partial charge in [0.1, 0.15) is 0 Å². The van der Waals surface area contributed by atoms with Crippen molar-refractivity contribution in [2.24, 2.45) is 5.92 Å². The number of benzene rings is 1. The van der Waals surface area contributed by atoms with Gasteiger partial charge in [-0.15, -0.1) is 10.2 Å². The predicted octanol–water partition coefficient (Wildman–Crippen LogP) is 3.55. The van der Waals surface area contributed by atoms with Crippen LogP contribution in [0.25, 0.3) is 0 Å². The average Bonchev–Trinajstić information content (AvgIpc) is 3.36. The van der Waals surface area contributed by atoms with Crippen molar-refractivity contribution < 1.29 is 9.52 Å². The first-order valence-corrected chi connectivity index (χ1v) is 9.05. The Labute approximate surface area is 146 Å². The first-order valence-electron chi connectivity index (χ1n) is 8.67. The van der Waals surface area contributed by atoms with E-state index in [4.69, 9.17) is 16.0 Å². The maximum absolute atomic E-state index is 10.6. The summed E-state index contributed by atoms with van der Waals surface area (Å²) in [6.07, 6.45) is 3.86. The molecule has 1 aliphatic carbocycles. The number of likely N-dealkylation sites (tertiary alicyclic amines) is 1. The zero-order chi connectivity index (χ0) is 16.5. The highest BCUT2D eigenvalue weighted by Crippen LogP contribution is 2.39. The number of hydrogen-bond acceptors (Lipinski definition) is 5. The van der Waals surface area contributed by atoms with Crippen molar-refractivity contribution in [2.45, 2.75) is 44.2 Å². The minimum Gasteiger partial charge on any atom is -0.424 e. The van der Waals surface area contributed by atoms with E-state index in [1.165, 1.54) is 12.8 Å². The predicted molar refractivity (Wildman–Crippen MR) is 90.7 cm³/mol. The molecule has 1 saturated heterocycles. The van der Waals surface area contributed by atoms with E-state index < -0.39 is 6.10 Å². The van der Waals surface area contributed by atoms with Crippen LogP contribution in [-0.4, -0.2) is 33.3 Å². The summed E-state index contributed by atoms with van der Waals surface area (Å²) in [5.41, 5.74) is 0.948. The van der Waals surface area contributed by atoms with Gasteiger partial charge in [0, 0.05) is 10.9 Å². The fraction of sp³-hybridized carbons (Fsp3) is 0.556. The molecule has 2 heterocycles. The monoisotopic (exact) mass is 347 g/mol. The molecule has 128 valence electrons. The highest BCUT2D eigenvalue weighted by molar-refractivity contribution is 6.30. The standard InChI is InChI=1S/C18H22ClN3O2/c19-15-5-3-12(4-6-15)17(23)13-7-9-22(10-8-13)11-16-20-21-18(24-16)14-1-2-14/h3-6,13-14,17,23H,1-2,7-11H2. The van der Waals surface area contributed by atoms with Crippen LogP contribution >= 0.6 is 11.6 Å². The third-order valence-corrected chi connectivity index (χ3v) is 5.31. The van der Waals surface area contributed by atoms with Crippen LogP contribution in [0.1, 0.15) is 55.1 Å². The van der Waals surface area contributed by atoms with Crippen molar-refractivity contribution in [3.8, 4) is 0 Å². The summed E-state index contributed by atoms with van der Waals surface area (Å²) in [6, 6.07) is 7.50. The number of aliphatic hydroxyl groups excluding tert-OH is 1. The Hall–Kier alpha value is -1.43. The average molecular weight is 348 g/mol. The molecular formula is C18H22ClN3O2. The molecule has 1 aliphatic heterocycles. The summed E-state index contributed by atoms with van der Waals surface area (Å²) in [4.78, 5) is 2.33. The van der Waals surface area contributed by atoms with Gasteiger partial charge >= 0.3 is 0 Å². The lowest BCUT2D eigenvalue weighted by molar-refractivity contribution is 0.0543. The van der Waals surface area contributed by atoms with Gasteiger partial charge in [-0.1, -0.05) is 23.7 Å². The Morgan fingerprint density at radius 3 is 2.50 bits per heavy atom. The van der Waals surface area contributed by atoms with Gasteiger partial charge in [-0.2, -0.15) is 0 Å². The van der Waals surface area contributed by atoms with Crippen LogP contribution < -0.4 is 0 Å². The molecule has 0 radical (unpaired) electrons. The van der Waals surface area contributed by atoms with E-state index in [0.29, 0.717) is 23.4 Å². The molecule has 1 N–H and O–H groups in total. The van der Waals surface area contributed by atoms with E-state index >= 15 is 0 Å². The molecule has 2 fully saturated rings. The summed E-state index contributed by atoms with van der Waals surface area (Å²) >= 11 is 5.92. The maximum atomic E-state index is 10.6. The minimum atomic E-state index is -0.422. The van der Waals surface area contributed by atoms with Crippen LogP contribution in [-0.2, 0) is 6.54 Å². The van der Waals surface area contributed by atoms with Gasteiger partial charge in [-0.05, 0) is 62.4 Å². The molecule has 1 unspecified atom stereocenters. The number of hydrogen-bond donors (Lipinski definition) is 1. The highest BCUT2D eigenvalue weighted by Gasteiger charge is 2.30. The molecule has 1 aromatic heterocycles. The largest absolute Gasteiger partial charge is 0.424 e. The number of rotatable bonds is 5. The summed E-state index contributed by atoms with van der Waals surface area (Å²) in [6.45, 7) is 2.59. The Balaban J connectivity index is 1.30. The lowest BCUT2D eigenvalue weighted by Gasteiger charge is -2.33. The van der Waals surface area contributed by atoms with Crippen LogP contribution in [0.3, 0.4) is 0 Å². The topological polar surface area (TPSA) is 62.4 Å². The van der Waals surface area contributed by atoms with Gasteiger partial charge in [-0.3, -0.25) is 4.90 Å². The Kier molecular flexibility index (Phi) is 4.57. The summed E-state index contributed by atoms with van der Waals surface area (Å²) in [7, 11) is 0. The third kappa shape index (κ3) is 3.63. The van der Waals surface area contributed by atoms with Crippen LogP contribution in [0, 0.1) is 5.92 Å². The molecule has 6 heteroatoms. The molecule has 4 rings (SSSR count). The van der Waals surface area contributed by atoms with Gasteiger partial charge < -0.3 is 9.52 Å². The second-order valence-corrected chi connectivity index (χ2v) is 7.35. The van der Waals surface area contributed by atoms with E-state index in [1.807, 2.05) is 24.3 Å². The molecule has 24 heavy (non-hydrogen) atoms. The quantitative estimate of drug-likeness (QED) is 0.896. The number of halogens is 1. The summed E-state index contributed by atoms with van der Waals surface area (Å²) < 4.78 is 5.74. The number of nitrogens with zero attached hydrogens (tertiary/aromatic N) is 3. The zero-order valence-corrected chi connectivity index (χ0v) is 14.3. The second-order valence-electron chi connectivity index (χ2n) is 6.92. The number of piperidine rings is 1. The van der Waals surface area contributed by atoms with Crippen LogP contribution in [0.4, 0.5) is 0 Å². The molecule has 1 saturated carbocycles. The Morgan fingerprint density at radius 1 is 1.12 bits per heavy atom. The van der Waals surface area contributed by atoms with Crippen molar-refractivity contribution in [1.82, 2.24) is 15.1 Å². The third-order valence-electron chi connectivity index (χ3n) is 5.06. The van der Waals surface area contributed by atoms with Crippen LogP contribution in [0.15, 0.2) is 28.7 Å². The van der Waals surface area contributed by atoms with Crippen molar-refractivity contribution in [1.29, 1.82) is 0 Å². The lowest BCUT2D eigenvalue weighted by Crippen LogP contribution is -2.35. The summed E-state index contributed by atoms with van der Waals surface area (Å²) in [5.74, 6) is 2.31. The Morgan fingerprint density at radius 2 is 1.83 bits per heavy atom. The minimum absolute atomic E-state index is 0.284. The molecule has 2 aliphatic rings. The molecular weight excluding hydrogens is 326 g/mol. The molecule has 1 aromatic carbocycles. The van der Waals surface area contributed by atoms with E-state index in [0.717, 1.165) is 37.4 Å². The smallest absolute Gasteiger partial charge is 0.230 e. The number of aliphatic hydroxyl groups is 1. The van der Waals surface area contributed by atoms with E-state index in [9.17, 15) is 5.11 Å². The number of aromatic nitrogens is 2. The van der Waals surface area contributed by atoms with E-state index in [-0.39, 0.29) is 5.92 Å². The first-order chi connectivity index (χ1) is 11.7. The maximum Gasteiger partial charge on any atom is 0.230 e. The van der Waals surface area contributed by atoms with Gasteiger partial charge in [-0.25, -0.2) is 0 Å². The van der Waals surface area contributed by atoms with Gasteiger partial charge in [0.25, 0.3) is 0 Å². The molecule has 0 spiro atoms. The fourth-order valence-corrected chi connectivity index (χ4v) is 3.50.